The second-order valence-electron chi connectivity index (χ2n) is 5.31. The molecule has 1 fully saturated rings. The fourth-order valence-electron chi connectivity index (χ4n) is 2.40. The van der Waals surface area contributed by atoms with Crippen LogP contribution in [0.3, 0.4) is 0 Å². The van der Waals surface area contributed by atoms with Gasteiger partial charge in [0, 0.05) is 30.4 Å². The van der Waals surface area contributed by atoms with Crippen molar-refractivity contribution in [1.29, 1.82) is 0 Å². The van der Waals surface area contributed by atoms with Gasteiger partial charge in [0.1, 0.15) is 0 Å². The predicted octanol–water partition coefficient (Wildman–Crippen LogP) is 3.13. The summed E-state index contributed by atoms with van der Waals surface area (Å²) in [5, 5.41) is 7.95. The third-order valence-electron chi connectivity index (χ3n) is 3.84. The Morgan fingerprint density at radius 3 is 2.58 bits per heavy atom. The van der Waals surface area contributed by atoms with Crippen LogP contribution in [0, 0.1) is 6.92 Å². The van der Waals surface area contributed by atoms with Crippen molar-refractivity contribution in [1.82, 2.24) is 15.1 Å². The Morgan fingerprint density at radius 1 is 1.26 bits per heavy atom. The summed E-state index contributed by atoms with van der Waals surface area (Å²) in [5.41, 5.74) is 5.10. The molecule has 0 bridgehead atoms. The molecule has 0 unspecified atom stereocenters. The van der Waals surface area contributed by atoms with E-state index in [1.54, 1.807) is 0 Å². The molecule has 0 atom stereocenters. The molecule has 0 amide bonds. The molecule has 100 valence electrons. The molecule has 0 aliphatic heterocycles. The van der Waals surface area contributed by atoms with E-state index in [1.807, 2.05) is 10.9 Å². The summed E-state index contributed by atoms with van der Waals surface area (Å²) in [7, 11) is 0. The summed E-state index contributed by atoms with van der Waals surface area (Å²) < 4.78 is 2.04. The molecule has 1 N–H and O–H groups in total. The van der Waals surface area contributed by atoms with Gasteiger partial charge in [0.2, 0.25) is 0 Å². The molecule has 0 saturated heterocycles. The highest BCUT2D eigenvalue weighted by Gasteiger charge is 2.19. The maximum atomic E-state index is 4.41. The van der Waals surface area contributed by atoms with Crippen LogP contribution in [-0.2, 0) is 13.1 Å². The molecular formula is C16H21N3. The van der Waals surface area contributed by atoms with Crippen molar-refractivity contribution >= 4 is 0 Å². The van der Waals surface area contributed by atoms with Gasteiger partial charge in [-0.3, -0.25) is 4.68 Å². The lowest BCUT2D eigenvalue weighted by atomic mass is 10.0. The molecule has 1 aromatic carbocycles. The smallest absolute Gasteiger partial charge is 0.0571 e. The third kappa shape index (κ3) is 2.71. The van der Waals surface area contributed by atoms with Crippen LogP contribution in [0.5, 0.6) is 0 Å². The zero-order chi connectivity index (χ0) is 13.2. The molecule has 2 aromatic rings. The number of rotatable bonds is 5. The van der Waals surface area contributed by atoms with Crippen molar-refractivity contribution < 1.29 is 0 Å². The highest BCUT2D eigenvalue weighted by atomic mass is 15.3. The van der Waals surface area contributed by atoms with Crippen molar-refractivity contribution in [3.05, 3.63) is 41.7 Å². The number of benzene rings is 1. The van der Waals surface area contributed by atoms with Gasteiger partial charge < -0.3 is 5.32 Å². The molecule has 3 nitrogen and oxygen atoms in total. The van der Waals surface area contributed by atoms with Crippen LogP contribution in [0.1, 0.15) is 31.0 Å². The van der Waals surface area contributed by atoms with E-state index in [-0.39, 0.29) is 0 Å². The first-order valence-corrected chi connectivity index (χ1v) is 7.13. The van der Waals surface area contributed by atoms with Gasteiger partial charge in [0.15, 0.2) is 0 Å². The van der Waals surface area contributed by atoms with Crippen LogP contribution < -0.4 is 5.32 Å². The van der Waals surface area contributed by atoms with Gasteiger partial charge in [-0.2, -0.15) is 5.10 Å². The molecular weight excluding hydrogens is 234 g/mol. The van der Waals surface area contributed by atoms with E-state index in [2.05, 4.69) is 48.5 Å². The van der Waals surface area contributed by atoms with Gasteiger partial charge in [0.25, 0.3) is 0 Å². The summed E-state index contributed by atoms with van der Waals surface area (Å²) in [6.45, 7) is 6.16. The first kappa shape index (κ1) is 12.4. The van der Waals surface area contributed by atoms with Gasteiger partial charge >= 0.3 is 0 Å². The fourth-order valence-corrected chi connectivity index (χ4v) is 2.40. The van der Waals surface area contributed by atoms with E-state index >= 15 is 0 Å². The quantitative estimate of drug-likeness (QED) is 0.889. The zero-order valence-corrected chi connectivity index (χ0v) is 11.7. The number of aromatic nitrogens is 2. The SMILES string of the molecule is CCn1ncc(-c2ccc(CNC3CC3)cc2)c1C. The van der Waals surface area contributed by atoms with Crippen molar-refractivity contribution in [3.63, 3.8) is 0 Å². The molecule has 0 spiro atoms. The zero-order valence-electron chi connectivity index (χ0n) is 11.7. The second kappa shape index (κ2) is 5.17. The predicted molar refractivity (Wildman–Crippen MR) is 77.9 cm³/mol. The average molecular weight is 255 g/mol. The Bertz CT molecular complexity index is 550. The molecule has 3 rings (SSSR count). The summed E-state index contributed by atoms with van der Waals surface area (Å²) in [6.07, 6.45) is 4.65. The largest absolute Gasteiger partial charge is 0.310 e. The summed E-state index contributed by atoms with van der Waals surface area (Å²) in [4.78, 5) is 0. The van der Waals surface area contributed by atoms with E-state index in [0.717, 1.165) is 19.1 Å². The first-order valence-electron chi connectivity index (χ1n) is 7.13. The molecule has 19 heavy (non-hydrogen) atoms. The lowest BCUT2D eigenvalue weighted by Crippen LogP contribution is -2.14. The van der Waals surface area contributed by atoms with Crippen LogP contribution in [0.15, 0.2) is 30.5 Å². The molecule has 1 aliphatic carbocycles. The van der Waals surface area contributed by atoms with Gasteiger partial charge in [-0.15, -0.1) is 0 Å². The van der Waals surface area contributed by atoms with E-state index in [1.165, 1.54) is 35.2 Å². The van der Waals surface area contributed by atoms with Crippen LogP contribution in [0.2, 0.25) is 0 Å². The normalized spacial score (nSPS) is 14.8. The van der Waals surface area contributed by atoms with E-state index < -0.39 is 0 Å². The molecule has 1 saturated carbocycles. The molecule has 1 heterocycles. The molecule has 0 radical (unpaired) electrons. The number of aryl methyl sites for hydroxylation is 1. The number of nitrogens with one attached hydrogen (secondary N) is 1. The maximum Gasteiger partial charge on any atom is 0.0571 e. The first-order chi connectivity index (χ1) is 9.28. The van der Waals surface area contributed by atoms with Gasteiger partial charge in [-0.1, -0.05) is 24.3 Å². The van der Waals surface area contributed by atoms with Crippen molar-refractivity contribution in [2.75, 3.05) is 0 Å². The molecule has 3 heteroatoms. The van der Waals surface area contributed by atoms with Crippen LogP contribution in [0.25, 0.3) is 11.1 Å². The monoisotopic (exact) mass is 255 g/mol. The van der Waals surface area contributed by atoms with Crippen molar-refractivity contribution in [2.45, 2.75) is 45.8 Å². The standard InChI is InChI=1S/C16H21N3/c1-3-19-12(2)16(11-18-19)14-6-4-13(5-7-14)10-17-15-8-9-15/h4-7,11,15,17H,3,8-10H2,1-2H3. The van der Waals surface area contributed by atoms with Gasteiger partial charge in [-0.25, -0.2) is 0 Å². The summed E-state index contributed by atoms with van der Waals surface area (Å²) in [6, 6.07) is 9.60. The summed E-state index contributed by atoms with van der Waals surface area (Å²) >= 11 is 0. The van der Waals surface area contributed by atoms with Crippen molar-refractivity contribution in [2.24, 2.45) is 0 Å². The van der Waals surface area contributed by atoms with Crippen LogP contribution in [-0.4, -0.2) is 15.8 Å². The Kier molecular flexibility index (Phi) is 3.38. The van der Waals surface area contributed by atoms with Crippen LogP contribution in [0.4, 0.5) is 0 Å². The van der Waals surface area contributed by atoms with Crippen LogP contribution >= 0.6 is 0 Å². The maximum absolute atomic E-state index is 4.41. The van der Waals surface area contributed by atoms with E-state index in [0.29, 0.717) is 0 Å². The minimum atomic E-state index is 0.768. The Balaban J connectivity index is 1.75. The molecule has 1 aromatic heterocycles. The number of nitrogens with zero attached hydrogens (tertiary/aromatic N) is 2. The lowest BCUT2D eigenvalue weighted by Gasteiger charge is -2.06. The fraction of sp³-hybridized carbons (Fsp3) is 0.438. The highest BCUT2D eigenvalue weighted by molar-refractivity contribution is 5.65. The summed E-state index contributed by atoms with van der Waals surface area (Å²) in [5.74, 6) is 0. The highest BCUT2D eigenvalue weighted by Crippen LogP contribution is 2.24. The second-order valence-corrected chi connectivity index (χ2v) is 5.31. The Morgan fingerprint density at radius 2 is 2.00 bits per heavy atom. The molecule has 1 aliphatic rings. The average Bonchev–Trinajstić information content (AvgIpc) is 3.20. The van der Waals surface area contributed by atoms with Gasteiger partial charge in [0.05, 0.1) is 6.20 Å². The van der Waals surface area contributed by atoms with Gasteiger partial charge in [-0.05, 0) is 37.8 Å². The van der Waals surface area contributed by atoms with E-state index in [4.69, 9.17) is 0 Å². The van der Waals surface area contributed by atoms with Crippen molar-refractivity contribution in [3.8, 4) is 11.1 Å². The Hall–Kier alpha value is -1.61. The minimum Gasteiger partial charge on any atom is -0.310 e. The lowest BCUT2D eigenvalue weighted by molar-refractivity contribution is 0.640. The van der Waals surface area contributed by atoms with E-state index in [9.17, 15) is 0 Å². The number of hydrogen-bond acceptors (Lipinski definition) is 2. The third-order valence-corrected chi connectivity index (χ3v) is 3.84. The topological polar surface area (TPSA) is 29.9 Å². The minimum absolute atomic E-state index is 0.768. The number of hydrogen-bond donors (Lipinski definition) is 1. The Labute approximate surface area is 114 Å².